The molecule has 3 saturated heterocycles. The van der Waals surface area contributed by atoms with Crippen molar-refractivity contribution in [1.82, 2.24) is 0 Å². The van der Waals surface area contributed by atoms with E-state index in [4.69, 9.17) is 118 Å². The third-order valence-electron chi connectivity index (χ3n) is 2.34. The largest absolute Gasteiger partial charge is 0.477 e. The maximum atomic E-state index is 12.4. The smallest absolute Gasteiger partial charge is 0.274 e. The molecule has 0 saturated carbocycles. The van der Waals surface area contributed by atoms with Crippen molar-refractivity contribution in [2.45, 2.75) is 28.9 Å². The highest BCUT2D eigenvalue weighted by Crippen LogP contribution is 2.82. The molecule has 0 aromatic carbocycles. The highest BCUT2D eigenvalue weighted by molar-refractivity contribution is 7.65. The predicted molar refractivity (Wildman–Crippen MR) is 90.0 cm³/mol. The number of phosphoric acid groups is 1. The van der Waals surface area contributed by atoms with Gasteiger partial charge < -0.3 is 0 Å². The van der Waals surface area contributed by atoms with Crippen LogP contribution < -0.4 is 0 Å². The van der Waals surface area contributed by atoms with Gasteiger partial charge in [0.15, 0.2) is 0 Å². The molecule has 0 N–H and O–H groups in total. The van der Waals surface area contributed by atoms with Crippen molar-refractivity contribution in [1.29, 1.82) is 0 Å². The van der Waals surface area contributed by atoms with Crippen LogP contribution in [0.3, 0.4) is 0 Å². The molecule has 3 aliphatic heterocycles. The third kappa shape index (κ3) is 4.47. The van der Waals surface area contributed by atoms with Gasteiger partial charge >= 0.3 is 7.82 Å². The summed E-state index contributed by atoms with van der Waals surface area (Å²) in [6.07, 6.45) is 0. The number of fused-ring (bicyclic) bond motifs is 3. The van der Waals surface area contributed by atoms with Gasteiger partial charge in [-0.3, -0.25) is 13.6 Å². The molecule has 4 nitrogen and oxygen atoms in total. The number of hydrogen-bond acceptors (Lipinski definition) is 4. The van der Waals surface area contributed by atoms with E-state index in [1.165, 1.54) is 0 Å². The van der Waals surface area contributed by atoms with Gasteiger partial charge in [0.05, 0.1) is 0 Å². The van der Waals surface area contributed by atoms with E-state index in [0.29, 0.717) is 0 Å². The molecule has 21 heavy (non-hydrogen) atoms. The molecule has 0 aromatic rings. The van der Waals surface area contributed by atoms with Crippen LogP contribution in [-0.2, 0) is 18.1 Å². The Bertz CT molecular complexity index is 404. The number of hydrogen-bond donors (Lipinski definition) is 0. The molecule has 3 rings (SSSR count). The van der Waals surface area contributed by atoms with E-state index in [1.807, 2.05) is 0 Å². The quantitative estimate of drug-likeness (QED) is 0.262. The first-order valence-electron chi connectivity index (χ1n) is 4.78. The lowest BCUT2D eigenvalue weighted by atomic mass is 10.8. The van der Waals surface area contributed by atoms with Crippen molar-refractivity contribution in [3.8, 4) is 0 Å². The first-order valence-corrected chi connectivity index (χ1v) is 11.2. The number of halogens is 9. The summed E-state index contributed by atoms with van der Waals surface area (Å²) in [5.41, 5.74) is 0. The van der Waals surface area contributed by atoms with E-state index in [9.17, 15) is 4.57 Å². The monoisotopic (exact) mass is 516 g/mol. The van der Waals surface area contributed by atoms with Crippen LogP contribution in [0, 0.1) is 0 Å². The molecule has 0 aromatic heterocycles. The van der Waals surface area contributed by atoms with Gasteiger partial charge in [0, 0.05) is 7.92 Å². The summed E-state index contributed by atoms with van der Waals surface area (Å²) < 4.78 is 21.6. The van der Waals surface area contributed by atoms with Crippen LogP contribution in [0.15, 0.2) is 0 Å². The minimum atomic E-state index is -4.23. The first kappa shape index (κ1) is 20.5. The summed E-state index contributed by atoms with van der Waals surface area (Å²) >= 11 is 52.5. The SMILES string of the molecule is O=P12OC(C(Cl)(Cl)Cl)P(C(C(Cl)(Cl)Cl)O1)C(C(Cl)(Cl)Cl)O2. The maximum Gasteiger partial charge on any atom is 0.477 e. The van der Waals surface area contributed by atoms with Gasteiger partial charge in [-0.05, 0) is 0 Å². The van der Waals surface area contributed by atoms with Gasteiger partial charge in [0.2, 0.25) is 11.4 Å². The second kappa shape index (κ2) is 6.39. The number of phosphoric ester groups is 1. The van der Waals surface area contributed by atoms with E-state index < -0.39 is 44.7 Å². The molecular weight excluding hydrogens is 517 g/mol. The molecule has 0 amide bonds. The Morgan fingerprint density at radius 1 is 0.667 bits per heavy atom. The van der Waals surface area contributed by atoms with Crippen LogP contribution in [0.2, 0.25) is 0 Å². The van der Waals surface area contributed by atoms with Crippen molar-refractivity contribution in [2.75, 3.05) is 0 Å². The van der Waals surface area contributed by atoms with Crippen molar-refractivity contribution in [3.63, 3.8) is 0 Å². The molecule has 3 aliphatic rings. The van der Waals surface area contributed by atoms with Gasteiger partial charge in [-0.1, -0.05) is 104 Å². The fourth-order valence-corrected chi connectivity index (χ4v) is 11.1. The fourth-order valence-electron chi connectivity index (χ4n) is 1.66. The maximum absolute atomic E-state index is 12.4. The summed E-state index contributed by atoms with van der Waals surface area (Å²) in [5, 5.41) is 0. The van der Waals surface area contributed by atoms with Crippen LogP contribution in [0.4, 0.5) is 0 Å². The summed E-state index contributed by atoms with van der Waals surface area (Å²) in [5.74, 6) is -3.81. The zero-order valence-electron chi connectivity index (χ0n) is 9.16. The van der Waals surface area contributed by atoms with E-state index in [-0.39, 0.29) is 0 Å². The Morgan fingerprint density at radius 3 is 1.10 bits per heavy atom. The molecule has 3 atom stereocenters. The average molecular weight is 520 g/mol. The van der Waals surface area contributed by atoms with Crippen molar-refractivity contribution < 1.29 is 18.1 Å². The first-order chi connectivity index (χ1) is 9.15. The molecule has 2 bridgehead atoms. The Kier molecular flexibility index (Phi) is 6.23. The molecule has 3 heterocycles. The van der Waals surface area contributed by atoms with Crippen molar-refractivity contribution in [2.24, 2.45) is 0 Å². The van der Waals surface area contributed by atoms with Gasteiger partial charge in [-0.15, -0.1) is 0 Å². The highest BCUT2D eigenvalue weighted by atomic mass is 35.6. The summed E-state index contributed by atoms with van der Waals surface area (Å²) in [6, 6.07) is 0. The van der Waals surface area contributed by atoms with Gasteiger partial charge in [0.1, 0.15) is 17.5 Å². The standard InChI is InChI=1S/C6H3Cl9O4P2/c7-4(8,9)1-17-21(16)18-2(5(10,11)12)20(1)3(19-21)6(13,14)15/h1-3H. The Hall–Kier alpha value is 3.15. The molecule has 0 spiro atoms. The van der Waals surface area contributed by atoms with Gasteiger partial charge in [0.25, 0.3) is 0 Å². The highest BCUT2D eigenvalue weighted by Gasteiger charge is 2.69. The minimum absolute atomic E-state index is 1.27. The summed E-state index contributed by atoms with van der Waals surface area (Å²) in [4.78, 5) is 0. The van der Waals surface area contributed by atoms with E-state index in [2.05, 4.69) is 0 Å². The van der Waals surface area contributed by atoms with Gasteiger partial charge in [-0.2, -0.15) is 0 Å². The molecule has 3 fully saturated rings. The fraction of sp³-hybridized carbons (Fsp3) is 1.00. The molecule has 0 radical (unpaired) electrons. The van der Waals surface area contributed by atoms with Crippen LogP contribution in [0.5, 0.6) is 0 Å². The van der Waals surface area contributed by atoms with E-state index in [0.717, 1.165) is 0 Å². The van der Waals surface area contributed by atoms with Crippen LogP contribution in [0.1, 0.15) is 0 Å². The van der Waals surface area contributed by atoms with Crippen molar-refractivity contribution >= 4 is 120 Å². The Balaban J connectivity index is 2.53. The van der Waals surface area contributed by atoms with E-state index in [1.54, 1.807) is 0 Å². The Morgan fingerprint density at radius 2 is 0.905 bits per heavy atom. The molecule has 15 heteroatoms. The zero-order valence-corrected chi connectivity index (χ0v) is 17.8. The van der Waals surface area contributed by atoms with Crippen LogP contribution in [0.25, 0.3) is 0 Å². The lowest BCUT2D eigenvalue weighted by Gasteiger charge is -2.53. The minimum Gasteiger partial charge on any atom is -0.274 e. The molecule has 0 aliphatic carbocycles. The van der Waals surface area contributed by atoms with Crippen LogP contribution >= 0.6 is 120 Å². The predicted octanol–water partition coefficient (Wildman–Crippen LogP) is 6.74. The normalized spacial score (nSPS) is 41.4. The molecule has 3 unspecified atom stereocenters. The third-order valence-corrected chi connectivity index (χ3v) is 10.5. The molecular formula is C6H3Cl9O4P2. The van der Waals surface area contributed by atoms with E-state index >= 15 is 0 Å². The van der Waals surface area contributed by atoms with Crippen molar-refractivity contribution in [3.05, 3.63) is 0 Å². The lowest BCUT2D eigenvalue weighted by Crippen LogP contribution is -2.50. The zero-order chi connectivity index (χ0) is 16.4. The van der Waals surface area contributed by atoms with Crippen LogP contribution in [-0.4, -0.2) is 28.9 Å². The van der Waals surface area contributed by atoms with Gasteiger partial charge in [-0.25, -0.2) is 4.57 Å². The number of rotatable bonds is 0. The lowest BCUT2D eigenvalue weighted by molar-refractivity contribution is 0.0396. The second-order valence-electron chi connectivity index (χ2n) is 3.89. The number of alkyl halides is 9. The summed E-state index contributed by atoms with van der Waals surface area (Å²) in [7, 11) is -6.15. The topological polar surface area (TPSA) is 44.8 Å². The second-order valence-corrected chi connectivity index (χ2v) is 14.8. The Labute approximate surface area is 166 Å². The summed E-state index contributed by atoms with van der Waals surface area (Å²) in [6.45, 7) is 0. The molecule has 124 valence electrons. The average Bonchev–Trinajstić information content (AvgIpc) is 2.23.